The van der Waals surface area contributed by atoms with Gasteiger partial charge in [-0.2, -0.15) is 0 Å². The first kappa shape index (κ1) is 9.32. The summed E-state index contributed by atoms with van der Waals surface area (Å²) in [7, 11) is 1.44. The number of methoxy groups -OCH3 is 1. The van der Waals surface area contributed by atoms with Gasteiger partial charge in [0.25, 0.3) is 0 Å². The molecule has 0 aliphatic carbocycles. The molecular formula is C10H10O3. The molecule has 0 fully saturated rings. The summed E-state index contributed by atoms with van der Waals surface area (Å²) in [4.78, 5) is 10.7. The van der Waals surface area contributed by atoms with E-state index in [1.165, 1.54) is 13.2 Å². The van der Waals surface area contributed by atoms with Crippen LogP contribution in [0.5, 0.6) is 5.75 Å². The number of ether oxygens (including phenoxy) is 1. The molecule has 0 saturated carbocycles. The fraction of sp³-hybridized carbons (Fsp3) is 0.100. The number of hydrogen-bond donors (Lipinski definition) is 1. The minimum absolute atomic E-state index is 0.160. The van der Waals surface area contributed by atoms with E-state index in [1.54, 1.807) is 18.2 Å². The van der Waals surface area contributed by atoms with Gasteiger partial charge in [-0.3, -0.25) is 0 Å². The lowest BCUT2D eigenvalue weighted by atomic mass is 10.1. The minimum Gasteiger partial charge on any atom is -0.496 e. The van der Waals surface area contributed by atoms with Crippen LogP contribution in [0.3, 0.4) is 0 Å². The van der Waals surface area contributed by atoms with E-state index in [2.05, 4.69) is 6.58 Å². The van der Waals surface area contributed by atoms with Gasteiger partial charge in [0.2, 0.25) is 0 Å². The van der Waals surface area contributed by atoms with Crippen molar-refractivity contribution in [2.75, 3.05) is 7.11 Å². The van der Waals surface area contributed by atoms with Gasteiger partial charge in [-0.05, 0) is 17.7 Å². The molecule has 0 amide bonds. The molecule has 1 aromatic carbocycles. The maximum atomic E-state index is 10.7. The average Bonchev–Trinajstić information content (AvgIpc) is 2.16. The van der Waals surface area contributed by atoms with Crippen LogP contribution < -0.4 is 4.74 Å². The molecule has 1 aromatic rings. The summed E-state index contributed by atoms with van der Waals surface area (Å²) in [5.74, 6) is -0.641. The fourth-order valence-corrected chi connectivity index (χ4v) is 1.01. The lowest BCUT2D eigenvalue weighted by Crippen LogP contribution is -2.00. The highest BCUT2D eigenvalue weighted by molar-refractivity contribution is 5.91. The molecule has 0 heterocycles. The van der Waals surface area contributed by atoms with Gasteiger partial charge >= 0.3 is 5.97 Å². The van der Waals surface area contributed by atoms with E-state index in [9.17, 15) is 4.79 Å². The van der Waals surface area contributed by atoms with Crippen LogP contribution in [0.1, 0.15) is 15.9 Å². The summed E-state index contributed by atoms with van der Waals surface area (Å²) in [6, 6.07) is 4.81. The number of aromatic carboxylic acids is 1. The van der Waals surface area contributed by atoms with Crippen molar-refractivity contribution in [3.05, 3.63) is 35.9 Å². The van der Waals surface area contributed by atoms with E-state index in [0.29, 0.717) is 5.75 Å². The number of carboxylic acids is 1. The topological polar surface area (TPSA) is 46.5 Å². The van der Waals surface area contributed by atoms with Crippen LogP contribution in [-0.2, 0) is 0 Å². The first-order chi connectivity index (χ1) is 6.19. The van der Waals surface area contributed by atoms with E-state index >= 15 is 0 Å². The number of benzene rings is 1. The molecule has 3 nitrogen and oxygen atoms in total. The number of hydrogen-bond acceptors (Lipinski definition) is 2. The second-order valence-corrected chi connectivity index (χ2v) is 2.47. The third kappa shape index (κ3) is 1.87. The van der Waals surface area contributed by atoms with E-state index in [0.717, 1.165) is 5.56 Å². The normalized spacial score (nSPS) is 9.31. The van der Waals surface area contributed by atoms with E-state index < -0.39 is 5.97 Å². The van der Waals surface area contributed by atoms with E-state index in [4.69, 9.17) is 9.84 Å². The van der Waals surface area contributed by atoms with Crippen LogP contribution in [0, 0.1) is 0 Å². The third-order valence-electron chi connectivity index (χ3n) is 1.69. The van der Waals surface area contributed by atoms with Gasteiger partial charge in [-0.1, -0.05) is 18.7 Å². The van der Waals surface area contributed by atoms with Gasteiger partial charge in [0.05, 0.1) is 7.11 Å². The van der Waals surface area contributed by atoms with E-state index in [1.807, 2.05) is 0 Å². The molecule has 68 valence electrons. The van der Waals surface area contributed by atoms with Gasteiger partial charge in [-0.15, -0.1) is 0 Å². The quantitative estimate of drug-likeness (QED) is 0.770. The van der Waals surface area contributed by atoms with Crippen molar-refractivity contribution in [2.24, 2.45) is 0 Å². The second-order valence-electron chi connectivity index (χ2n) is 2.47. The van der Waals surface area contributed by atoms with Crippen molar-refractivity contribution in [2.45, 2.75) is 0 Å². The molecule has 0 aliphatic rings. The Morgan fingerprint density at radius 3 is 2.77 bits per heavy atom. The van der Waals surface area contributed by atoms with Crippen molar-refractivity contribution in [3.63, 3.8) is 0 Å². The first-order valence-corrected chi connectivity index (χ1v) is 3.73. The van der Waals surface area contributed by atoms with Crippen LogP contribution in [0.2, 0.25) is 0 Å². The van der Waals surface area contributed by atoms with Crippen LogP contribution in [0.25, 0.3) is 6.08 Å². The van der Waals surface area contributed by atoms with Crippen molar-refractivity contribution in [1.29, 1.82) is 0 Å². The summed E-state index contributed by atoms with van der Waals surface area (Å²) < 4.78 is 4.92. The molecule has 0 radical (unpaired) electrons. The van der Waals surface area contributed by atoms with E-state index in [-0.39, 0.29) is 5.56 Å². The van der Waals surface area contributed by atoms with Gasteiger partial charge in [0.1, 0.15) is 11.3 Å². The number of carbonyl (C=O) groups is 1. The number of carboxylic acid groups (broad SMARTS) is 1. The Morgan fingerprint density at radius 1 is 1.62 bits per heavy atom. The molecule has 1 N–H and O–H groups in total. The molecule has 3 heteroatoms. The fourth-order valence-electron chi connectivity index (χ4n) is 1.01. The monoisotopic (exact) mass is 178 g/mol. The van der Waals surface area contributed by atoms with Crippen molar-refractivity contribution >= 4 is 12.0 Å². The Balaban J connectivity index is 3.23. The predicted octanol–water partition coefficient (Wildman–Crippen LogP) is 2.04. The summed E-state index contributed by atoms with van der Waals surface area (Å²) in [6.45, 7) is 3.58. The Hall–Kier alpha value is -1.77. The molecule has 0 spiro atoms. The zero-order chi connectivity index (χ0) is 9.84. The standard InChI is InChI=1S/C10H10O3/c1-3-7-4-5-8(10(11)12)9(6-7)13-2/h3-6H,1H2,2H3,(H,11,12). The maximum absolute atomic E-state index is 10.7. The Bertz CT molecular complexity index is 342. The van der Waals surface area contributed by atoms with Crippen molar-refractivity contribution in [1.82, 2.24) is 0 Å². The first-order valence-electron chi connectivity index (χ1n) is 3.73. The summed E-state index contributed by atoms with van der Waals surface area (Å²) in [5, 5.41) is 8.75. The van der Waals surface area contributed by atoms with Gasteiger partial charge < -0.3 is 9.84 Å². The van der Waals surface area contributed by atoms with Crippen molar-refractivity contribution in [3.8, 4) is 5.75 Å². The van der Waals surface area contributed by atoms with Gasteiger partial charge in [-0.25, -0.2) is 4.79 Å². The van der Waals surface area contributed by atoms with Crippen LogP contribution >= 0.6 is 0 Å². The molecule has 1 rings (SSSR count). The van der Waals surface area contributed by atoms with Crippen LogP contribution in [-0.4, -0.2) is 18.2 Å². The SMILES string of the molecule is C=Cc1ccc(C(=O)O)c(OC)c1. The maximum Gasteiger partial charge on any atom is 0.339 e. The smallest absolute Gasteiger partial charge is 0.339 e. The summed E-state index contributed by atoms with van der Waals surface area (Å²) in [6.07, 6.45) is 1.63. The predicted molar refractivity (Wildman–Crippen MR) is 50.0 cm³/mol. The summed E-state index contributed by atoms with van der Waals surface area (Å²) >= 11 is 0. The molecule has 13 heavy (non-hydrogen) atoms. The minimum atomic E-state index is -0.993. The molecule has 0 saturated heterocycles. The molecule has 0 bridgehead atoms. The van der Waals surface area contributed by atoms with Gasteiger partial charge in [0.15, 0.2) is 0 Å². The highest BCUT2D eigenvalue weighted by Crippen LogP contribution is 2.20. The molecule has 0 aliphatic heterocycles. The molecule has 0 atom stereocenters. The summed E-state index contributed by atoms with van der Waals surface area (Å²) in [5.41, 5.74) is 0.995. The average molecular weight is 178 g/mol. The Labute approximate surface area is 76.3 Å². The van der Waals surface area contributed by atoms with Crippen molar-refractivity contribution < 1.29 is 14.6 Å². The third-order valence-corrected chi connectivity index (χ3v) is 1.69. The Morgan fingerprint density at radius 2 is 2.31 bits per heavy atom. The number of rotatable bonds is 3. The molecular weight excluding hydrogens is 168 g/mol. The highest BCUT2D eigenvalue weighted by Gasteiger charge is 2.09. The molecule has 0 aromatic heterocycles. The lowest BCUT2D eigenvalue weighted by molar-refractivity contribution is 0.0693. The zero-order valence-corrected chi connectivity index (χ0v) is 7.28. The second kappa shape index (κ2) is 3.76. The zero-order valence-electron chi connectivity index (χ0n) is 7.28. The molecule has 0 unspecified atom stereocenters. The highest BCUT2D eigenvalue weighted by atomic mass is 16.5. The van der Waals surface area contributed by atoms with Crippen LogP contribution in [0.4, 0.5) is 0 Å². The van der Waals surface area contributed by atoms with Gasteiger partial charge in [0, 0.05) is 0 Å². The largest absolute Gasteiger partial charge is 0.496 e. The Kier molecular flexibility index (Phi) is 2.69. The lowest BCUT2D eigenvalue weighted by Gasteiger charge is -2.04. The van der Waals surface area contributed by atoms with Crippen LogP contribution in [0.15, 0.2) is 24.8 Å².